The number of hydrogen-bond donors (Lipinski definition) is 1. The van der Waals surface area contributed by atoms with E-state index in [0.29, 0.717) is 23.8 Å². The summed E-state index contributed by atoms with van der Waals surface area (Å²) in [4.78, 5) is 15.2. The molecule has 2 aromatic rings. The second kappa shape index (κ2) is 6.83. The number of nitro groups is 1. The van der Waals surface area contributed by atoms with Crippen molar-refractivity contribution in [1.82, 2.24) is 14.8 Å². The predicted octanol–water partition coefficient (Wildman–Crippen LogP) is 3.09. The summed E-state index contributed by atoms with van der Waals surface area (Å²) in [5.41, 5.74) is 1.02. The average molecular weight is 289 g/mol. The van der Waals surface area contributed by atoms with Gasteiger partial charge in [-0.05, 0) is 25.0 Å². The number of nitrogens with zero attached hydrogens (tertiary/aromatic N) is 4. The fraction of sp³-hybridized carbons (Fsp3) is 0.429. The monoisotopic (exact) mass is 289 g/mol. The lowest BCUT2D eigenvalue weighted by Crippen LogP contribution is -2.07. The van der Waals surface area contributed by atoms with Crippen LogP contribution in [0.4, 0.5) is 11.5 Å². The highest BCUT2D eigenvalue weighted by Gasteiger charge is 2.20. The van der Waals surface area contributed by atoms with E-state index in [-0.39, 0.29) is 5.69 Å². The van der Waals surface area contributed by atoms with Gasteiger partial charge in [0.2, 0.25) is 0 Å². The molecule has 0 aliphatic carbocycles. The molecular weight excluding hydrogens is 270 g/mol. The second-order valence-electron chi connectivity index (χ2n) is 4.69. The van der Waals surface area contributed by atoms with E-state index >= 15 is 0 Å². The first-order chi connectivity index (χ1) is 10.2. The van der Waals surface area contributed by atoms with Crippen LogP contribution >= 0.6 is 0 Å². The van der Waals surface area contributed by atoms with E-state index in [9.17, 15) is 10.1 Å². The normalized spacial score (nSPS) is 10.6. The molecule has 0 aliphatic rings. The van der Waals surface area contributed by atoms with Gasteiger partial charge in [0.25, 0.3) is 5.69 Å². The molecule has 0 aromatic carbocycles. The maximum Gasteiger partial charge on any atom is 0.297 e. The Morgan fingerprint density at radius 2 is 2.10 bits per heavy atom. The first kappa shape index (κ1) is 15.0. The fourth-order valence-electron chi connectivity index (χ4n) is 2.06. The lowest BCUT2D eigenvalue weighted by atomic mass is 10.2. The maximum atomic E-state index is 11.2. The molecule has 2 heterocycles. The molecule has 21 heavy (non-hydrogen) atoms. The van der Waals surface area contributed by atoms with E-state index in [1.807, 2.05) is 6.92 Å². The summed E-state index contributed by atoms with van der Waals surface area (Å²) in [5, 5.41) is 18.6. The summed E-state index contributed by atoms with van der Waals surface area (Å²) in [6.07, 6.45) is 3.50. The zero-order chi connectivity index (χ0) is 15.2. The Kier molecular flexibility index (Phi) is 4.86. The highest BCUT2D eigenvalue weighted by atomic mass is 16.6. The molecule has 0 bridgehead atoms. The molecule has 1 N–H and O–H groups in total. The quantitative estimate of drug-likeness (QED) is 0.625. The number of nitrogens with one attached hydrogen (secondary N) is 1. The van der Waals surface area contributed by atoms with Crippen molar-refractivity contribution in [3.63, 3.8) is 0 Å². The molecule has 0 fully saturated rings. The number of aryl methyl sites for hydroxylation is 1. The predicted molar refractivity (Wildman–Crippen MR) is 81.2 cm³/mol. The van der Waals surface area contributed by atoms with Crippen molar-refractivity contribution in [3.05, 3.63) is 34.5 Å². The Balaban J connectivity index is 2.47. The molecule has 0 saturated heterocycles. The largest absolute Gasteiger partial charge is 0.370 e. The van der Waals surface area contributed by atoms with Gasteiger partial charge in [-0.2, -0.15) is 5.10 Å². The number of pyridine rings is 1. The zero-order valence-electron chi connectivity index (χ0n) is 12.2. The second-order valence-corrected chi connectivity index (χ2v) is 4.69. The summed E-state index contributed by atoms with van der Waals surface area (Å²) in [6, 6.07) is 4.88. The van der Waals surface area contributed by atoms with Gasteiger partial charge in [0.1, 0.15) is 5.82 Å². The topological polar surface area (TPSA) is 85.9 Å². The minimum Gasteiger partial charge on any atom is -0.370 e. The van der Waals surface area contributed by atoms with Crippen LogP contribution in [0.3, 0.4) is 0 Å². The highest BCUT2D eigenvalue weighted by Crippen LogP contribution is 2.29. The maximum absolute atomic E-state index is 11.2. The van der Waals surface area contributed by atoms with Gasteiger partial charge < -0.3 is 5.32 Å². The summed E-state index contributed by atoms with van der Waals surface area (Å²) in [7, 11) is 0. The van der Waals surface area contributed by atoms with Gasteiger partial charge in [0, 0.05) is 25.4 Å². The molecule has 0 unspecified atom stereocenters. The third-order valence-corrected chi connectivity index (χ3v) is 3.02. The van der Waals surface area contributed by atoms with Crippen LogP contribution in [0.5, 0.6) is 0 Å². The van der Waals surface area contributed by atoms with E-state index in [1.165, 1.54) is 6.07 Å². The third-order valence-electron chi connectivity index (χ3n) is 3.02. The minimum absolute atomic E-state index is 0.00472. The molecule has 0 spiro atoms. The Hall–Kier alpha value is -2.44. The first-order valence-electron chi connectivity index (χ1n) is 7.08. The third kappa shape index (κ3) is 3.36. The average Bonchev–Trinajstić information content (AvgIpc) is 2.93. The van der Waals surface area contributed by atoms with Gasteiger partial charge in [-0.25, -0.2) is 4.98 Å². The number of aromatic nitrogens is 3. The van der Waals surface area contributed by atoms with Crippen molar-refractivity contribution >= 4 is 11.5 Å². The van der Waals surface area contributed by atoms with Crippen molar-refractivity contribution < 1.29 is 4.92 Å². The Labute approximate surface area is 123 Å². The standard InChI is InChI=1S/C14H19N5O2/c1-3-8-15-13-6-5-12(19(20)21)14(17-13)11-7-9-16-18(11)10-4-2/h5-7,9H,3-4,8,10H2,1-2H3,(H,15,17). The van der Waals surface area contributed by atoms with Gasteiger partial charge in [0.15, 0.2) is 5.69 Å². The van der Waals surface area contributed by atoms with Crippen molar-refractivity contribution in [1.29, 1.82) is 0 Å². The molecule has 7 nitrogen and oxygen atoms in total. The molecular formula is C14H19N5O2. The van der Waals surface area contributed by atoms with Crippen LogP contribution in [0.2, 0.25) is 0 Å². The van der Waals surface area contributed by atoms with Crippen molar-refractivity contribution in [2.45, 2.75) is 33.2 Å². The van der Waals surface area contributed by atoms with Gasteiger partial charge in [0.05, 0.1) is 10.6 Å². The van der Waals surface area contributed by atoms with Crippen LogP contribution in [-0.2, 0) is 6.54 Å². The van der Waals surface area contributed by atoms with E-state index in [1.54, 1.807) is 23.0 Å². The Morgan fingerprint density at radius 1 is 1.29 bits per heavy atom. The molecule has 0 aliphatic heterocycles. The van der Waals surface area contributed by atoms with Crippen LogP contribution < -0.4 is 5.32 Å². The van der Waals surface area contributed by atoms with Crippen LogP contribution in [0.1, 0.15) is 26.7 Å². The molecule has 0 amide bonds. The molecule has 7 heteroatoms. The Morgan fingerprint density at radius 3 is 2.76 bits per heavy atom. The van der Waals surface area contributed by atoms with E-state index in [2.05, 4.69) is 22.3 Å². The van der Waals surface area contributed by atoms with E-state index < -0.39 is 4.92 Å². The lowest BCUT2D eigenvalue weighted by molar-refractivity contribution is -0.384. The van der Waals surface area contributed by atoms with Crippen LogP contribution in [0.25, 0.3) is 11.4 Å². The van der Waals surface area contributed by atoms with Crippen LogP contribution in [0, 0.1) is 10.1 Å². The summed E-state index contributed by atoms with van der Waals surface area (Å²) >= 11 is 0. The van der Waals surface area contributed by atoms with Gasteiger partial charge in [-0.1, -0.05) is 13.8 Å². The van der Waals surface area contributed by atoms with Gasteiger partial charge in [-0.3, -0.25) is 14.8 Å². The van der Waals surface area contributed by atoms with Crippen molar-refractivity contribution in [3.8, 4) is 11.4 Å². The lowest BCUT2D eigenvalue weighted by Gasteiger charge is -2.09. The number of rotatable bonds is 7. The van der Waals surface area contributed by atoms with Gasteiger partial charge in [-0.15, -0.1) is 0 Å². The highest BCUT2D eigenvalue weighted by molar-refractivity contribution is 5.68. The van der Waals surface area contributed by atoms with E-state index in [4.69, 9.17) is 0 Å². The first-order valence-corrected chi connectivity index (χ1v) is 7.08. The Bertz CT molecular complexity index is 624. The number of anilines is 1. The molecule has 0 atom stereocenters. The smallest absolute Gasteiger partial charge is 0.297 e. The number of hydrogen-bond acceptors (Lipinski definition) is 5. The van der Waals surface area contributed by atoms with Crippen molar-refractivity contribution in [2.75, 3.05) is 11.9 Å². The summed E-state index contributed by atoms with van der Waals surface area (Å²) < 4.78 is 1.75. The van der Waals surface area contributed by atoms with Crippen molar-refractivity contribution in [2.24, 2.45) is 0 Å². The summed E-state index contributed by atoms with van der Waals surface area (Å²) in [6.45, 7) is 5.56. The molecule has 112 valence electrons. The van der Waals surface area contributed by atoms with Gasteiger partial charge >= 0.3 is 0 Å². The van der Waals surface area contributed by atoms with Crippen LogP contribution in [-0.4, -0.2) is 26.2 Å². The minimum atomic E-state index is -0.408. The fourth-order valence-corrected chi connectivity index (χ4v) is 2.06. The molecule has 2 rings (SSSR count). The molecule has 0 saturated carbocycles. The molecule has 2 aromatic heterocycles. The zero-order valence-corrected chi connectivity index (χ0v) is 12.2. The van der Waals surface area contributed by atoms with E-state index in [0.717, 1.165) is 19.4 Å². The molecule has 0 radical (unpaired) electrons. The summed E-state index contributed by atoms with van der Waals surface area (Å²) in [5.74, 6) is 0.640. The van der Waals surface area contributed by atoms with Crippen LogP contribution in [0.15, 0.2) is 24.4 Å². The SMILES string of the molecule is CCCNc1ccc([N+](=O)[O-])c(-c2ccnn2CCC)n1.